The largest absolute Gasteiger partial charge is 0.396 e. The highest BCUT2D eigenvalue weighted by molar-refractivity contribution is 5.07. The molecule has 0 saturated heterocycles. The van der Waals surface area contributed by atoms with Crippen LogP contribution in [0, 0.1) is 5.41 Å². The van der Waals surface area contributed by atoms with Gasteiger partial charge < -0.3 is 15.4 Å². The maximum atomic E-state index is 8.78. The molecule has 86 valence electrons. The van der Waals surface area contributed by atoms with E-state index in [1.54, 1.807) is 0 Å². The molecule has 0 amide bonds. The van der Waals surface area contributed by atoms with Gasteiger partial charge in [-0.2, -0.15) is 0 Å². The molecular weight excluding hydrogens is 188 g/mol. The zero-order valence-electron chi connectivity index (χ0n) is 9.71. The first-order valence-electron chi connectivity index (χ1n) is 5.57. The lowest BCUT2D eigenvalue weighted by atomic mass is 9.88. The molecule has 0 unspecified atom stereocenters. The van der Waals surface area contributed by atoms with Crippen molar-refractivity contribution in [3.05, 3.63) is 24.0 Å². The van der Waals surface area contributed by atoms with Gasteiger partial charge in [-0.1, -0.05) is 13.8 Å². The second-order valence-corrected chi connectivity index (χ2v) is 4.81. The number of hydrogen-bond acceptors (Lipinski definition) is 2. The molecule has 0 aliphatic rings. The standard InChI is InChI=1S/C12H22N2O/c1-12(2,5-3-7-15)10-14-9-11-4-6-13-8-11/h4,6,8,13-15H,3,5,7,9-10H2,1-2H3. The summed E-state index contributed by atoms with van der Waals surface area (Å²) in [6, 6.07) is 2.08. The number of hydrogen-bond donors (Lipinski definition) is 3. The molecule has 0 radical (unpaired) electrons. The minimum absolute atomic E-state index is 0.263. The van der Waals surface area contributed by atoms with E-state index in [2.05, 4.69) is 30.2 Å². The van der Waals surface area contributed by atoms with E-state index in [9.17, 15) is 0 Å². The molecule has 1 aromatic heterocycles. The third kappa shape index (κ3) is 5.00. The fourth-order valence-corrected chi connectivity index (χ4v) is 1.66. The minimum Gasteiger partial charge on any atom is -0.396 e. The van der Waals surface area contributed by atoms with E-state index in [-0.39, 0.29) is 5.41 Å². The summed E-state index contributed by atoms with van der Waals surface area (Å²) in [5.74, 6) is 0. The van der Waals surface area contributed by atoms with Crippen molar-refractivity contribution < 1.29 is 5.11 Å². The first kappa shape index (κ1) is 12.3. The number of H-pyrrole nitrogens is 1. The van der Waals surface area contributed by atoms with Crippen LogP contribution >= 0.6 is 0 Å². The van der Waals surface area contributed by atoms with Crippen LogP contribution in [0.2, 0.25) is 0 Å². The Morgan fingerprint density at radius 2 is 2.27 bits per heavy atom. The molecule has 0 fully saturated rings. The molecule has 0 spiro atoms. The summed E-state index contributed by atoms with van der Waals surface area (Å²) in [4.78, 5) is 3.04. The zero-order chi connectivity index (χ0) is 11.1. The lowest BCUT2D eigenvalue weighted by Crippen LogP contribution is -2.29. The highest BCUT2D eigenvalue weighted by Crippen LogP contribution is 2.20. The molecule has 0 atom stereocenters. The topological polar surface area (TPSA) is 48.0 Å². The van der Waals surface area contributed by atoms with Crippen molar-refractivity contribution in [2.75, 3.05) is 13.2 Å². The van der Waals surface area contributed by atoms with Crippen LogP contribution in [-0.4, -0.2) is 23.2 Å². The van der Waals surface area contributed by atoms with Crippen LogP contribution in [0.25, 0.3) is 0 Å². The predicted octanol–water partition coefficient (Wildman–Crippen LogP) is 1.90. The molecule has 3 heteroatoms. The summed E-state index contributed by atoms with van der Waals surface area (Å²) in [6.07, 6.45) is 5.89. The predicted molar refractivity (Wildman–Crippen MR) is 62.6 cm³/mol. The summed E-state index contributed by atoms with van der Waals surface area (Å²) in [6.45, 7) is 6.64. The van der Waals surface area contributed by atoms with Crippen molar-refractivity contribution in [2.45, 2.75) is 33.2 Å². The maximum Gasteiger partial charge on any atom is 0.0431 e. The summed E-state index contributed by atoms with van der Waals surface area (Å²) < 4.78 is 0. The van der Waals surface area contributed by atoms with Gasteiger partial charge in [0, 0.05) is 32.1 Å². The van der Waals surface area contributed by atoms with E-state index in [1.165, 1.54) is 5.56 Å². The van der Waals surface area contributed by atoms with Gasteiger partial charge in [0.15, 0.2) is 0 Å². The normalized spacial score (nSPS) is 11.9. The van der Waals surface area contributed by atoms with Crippen molar-refractivity contribution in [1.82, 2.24) is 10.3 Å². The Kier molecular flexibility index (Phi) is 4.85. The van der Waals surface area contributed by atoms with E-state index in [0.29, 0.717) is 6.61 Å². The fraction of sp³-hybridized carbons (Fsp3) is 0.667. The van der Waals surface area contributed by atoms with Crippen molar-refractivity contribution in [3.63, 3.8) is 0 Å². The number of aliphatic hydroxyl groups excluding tert-OH is 1. The van der Waals surface area contributed by atoms with E-state index in [4.69, 9.17) is 5.11 Å². The molecule has 15 heavy (non-hydrogen) atoms. The van der Waals surface area contributed by atoms with Crippen molar-refractivity contribution in [3.8, 4) is 0 Å². The van der Waals surface area contributed by atoms with Crippen molar-refractivity contribution in [2.24, 2.45) is 5.41 Å². The Labute approximate surface area is 91.9 Å². The van der Waals surface area contributed by atoms with Gasteiger partial charge in [-0.25, -0.2) is 0 Å². The van der Waals surface area contributed by atoms with Crippen LogP contribution in [0.1, 0.15) is 32.3 Å². The van der Waals surface area contributed by atoms with Gasteiger partial charge in [-0.15, -0.1) is 0 Å². The molecule has 0 bridgehead atoms. The van der Waals surface area contributed by atoms with Crippen LogP contribution in [0.15, 0.2) is 18.5 Å². The molecule has 0 aliphatic carbocycles. The summed E-state index contributed by atoms with van der Waals surface area (Å²) in [7, 11) is 0. The van der Waals surface area contributed by atoms with Gasteiger partial charge >= 0.3 is 0 Å². The van der Waals surface area contributed by atoms with Gasteiger partial charge in [0.2, 0.25) is 0 Å². The van der Waals surface area contributed by atoms with E-state index >= 15 is 0 Å². The lowest BCUT2D eigenvalue weighted by molar-refractivity contribution is 0.236. The van der Waals surface area contributed by atoms with Gasteiger partial charge in [-0.05, 0) is 29.9 Å². The van der Waals surface area contributed by atoms with Crippen LogP contribution in [0.4, 0.5) is 0 Å². The maximum absolute atomic E-state index is 8.78. The minimum atomic E-state index is 0.263. The number of rotatable bonds is 7. The molecule has 3 nitrogen and oxygen atoms in total. The molecule has 1 heterocycles. The molecule has 1 aromatic rings. The second kappa shape index (κ2) is 5.93. The molecular formula is C12H22N2O. The smallest absolute Gasteiger partial charge is 0.0431 e. The number of aromatic nitrogens is 1. The average molecular weight is 210 g/mol. The summed E-state index contributed by atoms with van der Waals surface area (Å²) in [5.41, 5.74) is 1.55. The van der Waals surface area contributed by atoms with E-state index in [1.807, 2.05) is 12.4 Å². The fourth-order valence-electron chi connectivity index (χ4n) is 1.66. The van der Waals surface area contributed by atoms with Crippen LogP contribution in [0.3, 0.4) is 0 Å². The molecule has 1 rings (SSSR count). The highest BCUT2D eigenvalue weighted by atomic mass is 16.2. The Balaban J connectivity index is 2.18. The molecule has 0 aliphatic heterocycles. The third-order valence-electron chi connectivity index (χ3n) is 2.61. The van der Waals surface area contributed by atoms with Gasteiger partial charge in [0.1, 0.15) is 0 Å². The van der Waals surface area contributed by atoms with E-state index < -0.39 is 0 Å². The van der Waals surface area contributed by atoms with Gasteiger partial charge in [0.05, 0.1) is 0 Å². The van der Waals surface area contributed by atoms with Gasteiger partial charge in [-0.3, -0.25) is 0 Å². The zero-order valence-corrected chi connectivity index (χ0v) is 9.71. The number of nitrogens with one attached hydrogen (secondary N) is 2. The SMILES string of the molecule is CC(C)(CCCO)CNCc1cc[nH]c1. The quantitative estimate of drug-likeness (QED) is 0.644. The van der Waals surface area contributed by atoms with Crippen LogP contribution in [0.5, 0.6) is 0 Å². The van der Waals surface area contributed by atoms with Gasteiger partial charge in [0.25, 0.3) is 0 Å². The molecule has 0 saturated carbocycles. The van der Waals surface area contributed by atoms with Crippen LogP contribution < -0.4 is 5.32 Å². The second-order valence-electron chi connectivity index (χ2n) is 4.81. The van der Waals surface area contributed by atoms with E-state index in [0.717, 1.165) is 25.9 Å². The molecule has 0 aromatic carbocycles. The number of aliphatic hydroxyl groups is 1. The highest BCUT2D eigenvalue weighted by Gasteiger charge is 2.16. The first-order chi connectivity index (χ1) is 7.14. The Morgan fingerprint density at radius 3 is 2.87 bits per heavy atom. The Hall–Kier alpha value is -0.800. The number of aromatic amines is 1. The average Bonchev–Trinajstić information content (AvgIpc) is 2.67. The summed E-state index contributed by atoms with van der Waals surface area (Å²) in [5, 5.41) is 12.2. The lowest BCUT2D eigenvalue weighted by Gasteiger charge is -2.24. The summed E-state index contributed by atoms with van der Waals surface area (Å²) >= 11 is 0. The first-order valence-corrected chi connectivity index (χ1v) is 5.57. The Morgan fingerprint density at radius 1 is 1.47 bits per heavy atom. The van der Waals surface area contributed by atoms with Crippen molar-refractivity contribution in [1.29, 1.82) is 0 Å². The molecule has 3 N–H and O–H groups in total. The van der Waals surface area contributed by atoms with Crippen LogP contribution in [-0.2, 0) is 6.54 Å². The third-order valence-corrected chi connectivity index (χ3v) is 2.61. The van der Waals surface area contributed by atoms with Crippen molar-refractivity contribution >= 4 is 0 Å². The Bertz CT molecular complexity index is 255. The monoisotopic (exact) mass is 210 g/mol.